The van der Waals surface area contributed by atoms with Crippen molar-refractivity contribution in [1.29, 1.82) is 0 Å². The van der Waals surface area contributed by atoms with Crippen LogP contribution in [0, 0.1) is 0 Å². The fraction of sp³-hybridized carbons (Fsp3) is 0.667. The summed E-state index contributed by atoms with van der Waals surface area (Å²) >= 11 is 0. The standard InChI is InChI=1S/C15H26N2O2/c1-4-7-14(16-9-5-2)13-8-10-17(11-13)12-15(18)19-6-3/h8,10-11,14,16H,4-7,9,12H2,1-3H3. The van der Waals surface area contributed by atoms with Gasteiger partial charge in [-0.05, 0) is 37.9 Å². The lowest BCUT2D eigenvalue weighted by atomic mass is 10.1. The molecule has 0 amide bonds. The zero-order chi connectivity index (χ0) is 14.1. The van der Waals surface area contributed by atoms with E-state index in [-0.39, 0.29) is 5.97 Å². The zero-order valence-corrected chi connectivity index (χ0v) is 12.3. The highest BCUT2D eigenvalue weighted by Gasteiger charge is 2.12. The topological polar surface area (TPSA) is 43.3 Å². The molecule has 108 valence electrons. The van der Waals surface area contributed by atoms with E-state index in [9.17, 15) is 4.79 Å². The molecule has 0 fully saturated rings. The van der Waals surface area contributed by atoms with Crippen molar-refractivity contribution < 1.29 is 9.53 Å². The number of rotatable bonds is 9. The van der Waals surface area contributed by atoms with Crippen molar-refractivity contribution >= 4 is 5.97 Å². The van der Waals surface area contributed by atoms with Crippen LogP contribution in [0.25, 0.3) is 0 Å². The second kappa shape index (κ2) is 8.75. The fourth-order valence-electron chi connectivity index (χ4n) is 2.11. The van der Waals surface area contributed by atoms with Crippen LogP contribution in [0.15, 0.2) is 18.5 Å². The highest BCUT2D eigenvalue weighted by atomic mass is 16.5. The first-order chi connectivity index (χ1) is 9.21. The van der Waals surface area contributed by atoms with Crippen molar-refractivity contribution in [2.75, 3.05) is 13.2 Å². The molecule has 0 saturated heterocycles. The van der Waals surface area contributed by atoms with Gasteiger partial charge in [0, 0.05) is 18.4 Å². The molecule has 4 heteroatoms. The first kappa shape index (κ1) is 15.8. The van der Waals surface area contributed by atoms with E-state index in [1.807, 2.05) is 23.9 Å². The minimum Gasteiger partial charge on any atom is -0.465 e. The smallest absolute Gasteiger partial charge is 0.325 e. The Morgan fingerprint density at radius 3 is 2.79 bits per heavy atom. The van der Waals surface area contributed by atoms with Gasteiger partial charge in [0.05, 0.1) is 6.61 Å². The molecular formula is C15H26N2O2. The largest absolute Gasteiger partial charge is 0.465 e. The van der Waals surface area contributed by atoms with Crippen LogP contribution in [0.1, 0.15) is 51.6 Å². The lowest BCUT2D eigenvalue weighted by Crippen LogP contribution is -2.21. The molecule has 1 aromatic rings. The fourth-order valence-corrected chi connectivity index (χ4v) is 2.11. The summed E-state index contributed by atoms with van der Waals surface area (Å²) in [6.45, 7) is 7.93. The monoisotopic (exact) mass is 266 g/mol. The summed E-state index contributed by atoms with van der Waals surface area (Å²) in [7, 11) is 0. The average Bonchev–Trinajstić information content (AvgIpc) is 2.83. The summed E-state index contributed by atoms with van der Waals surface area (Å²) in [5.74, 6) is -0.182. The molecule has 0 saturated carbocycles. The third-order valence-electron chi connectivity index (χ3n) is 3.01. The second-order valence-electron chi connectivity index (χ2n) is 4.72. The predicted molar refractivity (Wildman–Crippen MR) is 77.0 cm³/mol. The third kappa shape index (κ3) is 5.47. The van der Waals surface area contributed by atoms with E-state index in [1.54, 1.807) is 0 Å². The van der Waals surface area contributed by atoms with Gasteiger partial charge < -0.3 is 14.6 Å². The molecule has 1 atom stereocenters. The van der Waals surface area contributed by atoms with E-state index in [0.29, 0.717) is 19.2 Å². The Morgan fingerprint density at radius 2 is 2.16 bits per heavy atom. The molecule has 0 aliphatic rings. The van der Waals surface area contributed by atoms with Crippen molar-refractivity contribution in [2.24, 2.45) is 0 Å². The minimum absolute atomic E-state index is 0.182. The number of carbonyl (C=O) groups is 1. The predicted octanol–water partition coefficient (Wildman–Crippen LogP) is 2.89. The molecule has 0 radical (unpaired) electrons. The number of nitrogens with zero attached hydrogens (tertiary/aromatic N) is 1. The maximum absolute atomic E-state index is 11.4. The van der Waals surface area contributed by atoms with Gasteiger partial charge in [-0.2, -0.15) is 0 Å². The Kier molecular flexibility index (Phi) is 7.26. The number of esters is 1. The number of aromatic nitrogens is 1. The van der Waals surface area contributed by atoms with Gasteiger partial charge >= 0.3 is 5.97 Å². The van der Waals surface area contributed by atoms with Crippen molar-refractivity contribution in [1.82, 2.24) is 9.88 Å². The molecule has 19 heavy (non-hydrogen) atoms. The van der Waals surface area contributed by atoms with Crippen LogP contribution in [0.5, 0.6) is 0 Å². The van der Waals surface area contributed by atoms with Gasteiger partial charge in [-0.25, -0.2) is 0 Å². The number of hydrogen-bond donors (Lipinski definition) is 1. The molecule has 0 aliphatic heterocycles. The molecule has 1 unspecified atom stereocenters. The van der Waals surface area contributed by atoms with Gasteiger partial charge in [-0.3, -0.25) is 4.79 Å². The van der Waals surface area contributed by atoms with Crippen molar-refractivity contribution in [3.63, 3.8) is 0 Å². The Bertz CT molecular complexity index is 374. The SMILES string of the molecule is CCCNC(CCC)c1ccn(CC(=O)OCC)c1. The lowest BCUT2D eigenvalue weighted by Gasteiger charge is -2.16. The maximum atomic E-state index is 11.4. The van der Waals surface area contributed by atoms with Gasteiger partial charge in [0.25, 0.3) is 0 Å². The van der Waals surface area contributed by atoms with Crippen LogP contribution >= 0.6 is 0 Å². The molecule has 1 aromatic heterocycles. The molecule has 1 heterocycles. The Hall–Kier alpha value is -1.29. The van der Waals surface area contributed by atoms with E-state index in [4.69, 9.17) is 4.74 Å². The molecule has 1 rings (SSSR count). The summed E-state index contributed by atoms with van der Waals surface area (Å²) in [6, 6.07) is 2.47. The normalized spacial score (nSPS) is 12.4. The average molecular weight is 266 g/mol. The molecule has 4 nitrogen and oxygen atoms in total. The van der Waals surface area contributed by atoms with Crippen molar-refractivity contribution in [3.8, 4) is 0 Å². The third-order valence-corrected chi connectivity index (χ3v) is 3.01. The summed E-state index contributed by atoms with van der Waals surface area (Å²) in [4.78, 5) is 11.4. The number of hydrogen-bond acceptors (Lipinski definition) is 3. The van der Waals surface area contributed by atoms with Crippen LogP contribution in [0.4, 0.5) is 0 Å². The van der Waals surface area contributed by atoms with Crippen LogP contribution in [-0.4, -0.2) is 23.7 Å². The molecule has 0 aromatic carbocycles. The maximum Gasteiger partial charge on any atom is 0.325 e. The van der Waals surface area contributed by atoms with Gasteiger partial charge in [-0.1, -0.05) is 20.3 Å². The van der Waals surface area contributed by atoms with Gasteiger partial charge in [0.2, 0.25) is 0 Å². The Balaban J connectivity index is 2.61. The quantitative estimate of drug-likeness (QED) is 0.699. The summed E-state index contributed by atoms with van der Waals surface area (Å²) in [5.41, 5.74) is 1.25. The molecule has 0 spiro atoms. The number of ether oxygens (including phenoxy) is 1. The number of carbonyl (C=O) groups excluding carboxylic acids is 1. The number of nitrogens with one attached hydrogen (secondary N) is 1. The summed E-state index contributed by atoms with van der Waals surface area (Å²) in [6.07, 6.45) is 7.38. The molecule has 0 aliphatic carbocycles. The van der Waals surface area contributed by atoms with Crippen molar-refractivity contribution in [3.05, 3.63) is 24.0 Å². The highest BCUT2D eigenvalue weighted by molar-refractivity contribution is 5.69. The first-order valence-electron chi connectivity index (χ1n) is 7.25. The van der Waals surface area contributed by atoms with Crippen LogP contribution in [-0.2, 0) is 16.1 Å². The van der Waals surface area contributed by atoms with Crippen molar-refractivity contribution in [2.45, 2.75) is 52.6 Å². The van der Waals surface area contributed by atoms with E-state index >= 15 is 0 Å². The summed E-state index contributed by atoms with van der Waals surface area (Å²) < 4.78 is 6.85. The van der Waals surface area contributed by atoms with Gasteiger partial charge in [0.1, 0.15) is 6.54 Å². The van der Waals surface area contributed by atoms with E-state index < -0.39 is 0 Å². The second-order valence-corrected chi connectivity index (χ2v) is 4.72. The Morgan fingerprint density at radius 1 is 1.37 bits per heavy atom. The van der Waals surface area contributed by atoms with Crippen LogP contribution in [0.2, 0.25) is 0 Å². The first-order valence-corrected chi connectivity index (χ1v) is 7.25. The minimum atomic E-state index is -0.182. The van der Waals surface area contributed by atoms with E-state index in [0.717, 1.165) is 25.8 Å². The summed E-state index contributed by atoms with van der Waals surface area (Å²) in [5, 5.41) is 3.55. The molecular weight excluding hydrogens is 240 g/mol. The van der Waals surface area contributed by atoms with Gasteiger partial charge in [-0.15, -0.1) is 0 Å². The zero-order valence-electron chi connectivity index (χ0n) is 12.3. The van der Waals surface area contributed by atoms with Crippen LogP contribution < -0.4 is 5.32 Å². The Labute approximate surface area is 116 Å². The van der Waals surface area contributed by atoms with E-state index in [1.165, 1.54) is 5.56 Å². The van der Waals surface area contributed by atoms with Crippen LogP contribution in [0.3, 0.4) is 0 Å². The molecule has 0 bridgehead atoms. The molecule has 1 N–H and O–H groups in total. The highest BCUT2D eigenvalue weighted by Crippen LogP contribution is 2.19. The van der Waals surface area contributed by atoms with Gasteiger partial charge in [0.15, 0.2) is 0 Å². The van der Waals surface area contributed by atoms with E-state index in [2.05, 4.69) is 25.2 Å². The lowest BCUT2D eigenvalue weighted by molar-refractivity contribution is -0.143.